The fourth-order valence-electron chi connectivity index (χ4n) is 3.51. The summed E-state index contributed by atoms with van der Waals surface area (Å²) in [6.07, 6.45) is 20.3. The van der Waals surface area contributed by atoms with Gasteiger partial charge < -0.3 is 0 Å². The van der Waals surface area contributed by atoms with Gasteiger partial charge in [-0.15, -0.1) is 6.58 Å². The number of carbonyl (C=O) groups excluding carboxylic acids is 1. The molecule has 0 radical (unpaired) electrons. The number of rotatable bonds is 17. The molecule has 0 amide bonds. The Labute approximate surface area is 152 Å². The summed E-state index contributed by atoms with van der Waals surface area (Å²) >= 11 is 0. The third-order valence-corrected chi connectivity index (χ3v) is 5.65. The van der Waals surface area contributed by atoms with Gasteiger partial charge in [-0.25, -0.2) is 0 Å². The standard InChI is InChI=1S/C23H42O/c1-6-9-10-11-12-13-14-15-16-17-18-19-21(4)23(5,20-7-2)22(24)8-3/h7-8,21H,2-3,6,9-20H2,1,4-5H3. The summed E-state index contributed by atoms with van der Waals surface area (Å²) in [5, 5.41) is 0. The van der Waals surface area contributed by atoms with Gasteiger partial charge >= 0.3 is 0 Å². The lowest BCUT2D eigenvalue weighted by Crippen LogP contribution is -2.33. The Morgan fingerprint density at radius 3 is 1.79 bits per heavy atom. The summed E-state index contributed by atoms with van der Waals surface area (Å²) in [5.41, 5.74) is -0.317. The van der Waals surface area contributed by atoms with Crippen molar-refractivity contribution in [3.05, 3.63) is 25.3 Å². The molecule has 1 heteroatoms. The summed E-state index contributed by atoms with van der Waals surface area (Å²) < 4.78 is 0. The van der Waals surface area contributed by atoms with Crippen molar-refractivity contribution >= 4 is 5.78 Å². The molecule has 0 aliphatic rings. The van der Waals surface area contributed by atoms with Crippen LogP contribution < -0.4 is 0 Å². The quantitative estimate of drug-likeness (QED) is 0.151. The van der Waals surface area contributed by atoms with Gasteiger partial charge in [0.15, 0.2) is 5.78 Å². The molecule has 0 saturated heterocycles. The summed E-state index contributed by atoms with van der Waals surface area (Å²) in [6.45, 7) is 14.0. The molecule has 0 saturated carbocycles. The number of hydrogen-bond donors (Lipinski definition) is 0. The number of ketones is 1. The molecule has 0 fully saturated rings. The maximum atomic E-state index is 12.2. The monoisotopic (exact) mass is 334 g/mol. The molecule has 0 aliphatic heterocycles. The summed E-state index contributed by atoms with van der Waals surface area (Å²) in [4.78, 5) is 12.2. The van der Waals surface area contributed by atoms with E-state index in [9.17, 15) is 4.79 Å². The minimum absolute atomic E-state index is 0.165. The van der Waals surface area contributed by atoms with E-state index < -0.39 is 0 Å². The molecule has 1 nitrogen and oxygen atoms in total. The molecule has 0 aromatic heterocycles. The smallest absolute Gasteiger partial charge is 0.161 e. The van der Waals surface area contributed by atoms with Crippen LogP contribution in [0, 0.1) is 11.3 Å². The van der Waals surface area contributed by atoms with Crippen molar-refractivity contribution in [3.63, 3.8) is 0 Å². The predicted octanol–water partition coefficient (Wildman–Crippen LogP) is 7.66. The number of carbonyl (C=O) groups is 1. The summed E-state index contributed by atoms with van der Waals surface area (Å²) in [6, 6.07) is 0. The Balaban J connectivity index is 3.77. The van der Waals surface area contributed by atoms with Crippen LogP contribution in [-0.4, -0.2) is 5.78 Å². The van der Waals surface area contributed by atoms with Crippen LogP contribution in [0.5, 0.6) is 0 Å². The molecule has 2 unspecified atom stereocenters. The van der Waals surface area contributed by atoms with E-state index in [4.69, 9.17) is 0 Å². The molecule has 2 atom stereocenters. The van der Waals surface area contributed by atoms with Gasteiger partial charge in [0.2, 0.25) is 0 Å². The molecular formula is C23H42O. The molecule has 0 N–H and O–H groups in total. The van der Waals surface area contributed by atoms with Gasteiger partial charge in [-0.2, -0.15) is 0 Å². The van der Waals surface area contributed by atoms with Crippen LogP contribution in [0.15, 0.2) is 25.3 Å². The zero-order valence-corrected chi connectivity index (χ0v) is 16.7. The first kappa shape index (κ1) is 23.1. The second kappa shape index (κ2) is 14.5. The van der Waals surface area contributed by atoms with Crippen molar-refractivity contribution in [2.45, 2.75) is 104 Å². The molecule has 0 aromatic carbocycles. The van der Waals surface area contributed by atoms with Crippen molar-refractivity contribution < 1.29 is 4.79 Å². The second-order valence-electron chi connectivity index (χ2n) is 7.70. The van der Waals surface area contributed by atoms with E-state index in [1.165, 1.54) is 76.7 Å². The maximum Gasteiger partial charge on any atom is 0.161 e. The molecule has 0 rings (SSSR count). The lowest BCUT2D eigenvalue weighted by molar-refractivity contribution is -0.125. The van der Waals surface area contributed by atoms with E-state index >= 15 is 0 Å². The van der Waals surface area contributed by atoms with E-state index in [-0.39, 0.29) is 11.2 Å². The van der Waals surface area contributed by atoms with Crippen LogP contribution in [0.1, 0.15) is 104 Å². The highest BCUT2D eigenvalue weighted by Gasteiger charge is 2.35. The largest absolute Gasteiger partial charge is 0.294 e. The number of allylic oxidation sites excluding steroid dienone is 2. The first-order chi connectivity index (χ1) is 11.5. The molecule has 140 valence electrons. The van der Waals surface area contributed by atoms with Gasteiger partial charge in [-0.1, -0.05) is 104 Å². The van der Waals surface area contributed by atoms with Crippen molar-refractivity contribution in [3.8, 4) is 0 Å². The SMILES string of the molecule is C=CCC(C)(C(=O)C=C)C(C)CCCCCCCCCCCCC. The fraction of sp³-hybridized carbons (Fsp3) is 0.783. The fourth-order valence-corrected chi connectivity index (χ4v) is 3.51. The van der Waals surface area contributed by atoms with E-state index in [0.717, 1.165) is 12.8 Å². The van der Waals surface area contributed by atoms with Crippen molar-refractivity contribution in [2.24, 2.45) is 11.3 Å². The lowest BCUT2D eigenvalue weighted by Gasteiger charge is -2.32. The highest BCUT2D eigenvalue weighted by molar-refractivity contribution is 5.94. The zero-order valence-electron chi connectivity index (χ0n) is 16.7. The molecule has 0 bridgehead atoms. The topological polar surface area (TPSA) is 17.1 Å². The van der Waals surface area contributed by atoms with Crippen LogP contribution in [0.2, 0.25) is 0 Å². The van der Waals surface area contributed by atoms with E-state index in [0.29, 0.717) is 5.92 Å². The Morgan fingerprint density at radius 1 is 0.917 bits per heavy atom. The van der Waals surface area contributed by atoms with E-state index in [1.807, 2.05) is 6.08 Å². The number of unbranched alkanes of at least 4 members (excludes halogenated alkanes) is 10. The Bertz CT molecular complexity index is 344. The van der Waals surface area contributed by atoms with Gasteiger partial charge in [-0.3, -0.25) is 4.79 Å². The Morgan fingerprint density at radius 2 is 1.38 bits per heavy atom. The van der Waals surface area contributed by atoms with Gasteiger partial charge in [0.25, 0.3) is 0 Å². The van der Waals surface area contributed by atoms with Crippen LogP contribution in [0.25, 0.3) is 0 Å². The highest BCUT2D eigenvalue weighted by Crippen LogP contribution is 2.36. The molecule has 24 heavy (non-hydrogen) atoms. The maximum absolute atomic E-state index is 12.2. The Hall–Kier alpha value is -0.850. The molecule has 0 aliphatic carbocycles. The van der Waals surface area contributed by atoms with Crippen LogP contribution in [0.4, 0.5) is 0 Å². The summed E-state index contributed by atoms with van der Waals surface area (Å²) in [7, 11) is 0. The Kier molecular flexibility index (Phi) is 14.0. The van der Waals surface area contributed by atoms with Crippen LogP contribution in [-0.2, 0) is 4.79 Å². The van der Waals surface area contributed by atoms with Crippen molar-refractivity contribution in [2.75, 3.05) is 0 Å². The van der Waals surface area contributed by atoms with Crippen LogP contribution >= 0.6 is 0 Å². The van der Waals surface area contributed by atoms with Gasteiger partial charge in [0, 0.05) is 5.41 Å². The van der Waals surface area contributed by atoms with Gasteiger partial charge in [0.05, 0.1) is 0 Å². The minimum Gasteiger partial charge on any atom is -0.294 e. The van der Waals surface area contributed by atoms with E-state index in [2.05, 4.69) is 33.9 Å². The third-order valence-electron chi connectivity index (χ3n) is 5.65. The molecule has 0 heterocycles. The average molecular weight is 335 g/mol. The second-order valence-corrected chi connectivity index (χ2v) is 7.70. The third kappa shape index (κ3) is 9.45. The first-order valence-electron chi connectivity index (χ1n) is 10.3. The van der Waals surface area contributed by atoms with Gasteiger partial charge in [-0.05, 0) is 24.8 Å². The normalized spacial score (nSPS) is 14.8. The zero-order chi connectivity index (χ0) is 18.3. The first-order valence-corrected chi connectivity index (χ1v) is 10.3. The molecule has 0 spiro atoms. The summed E-state index contributed by atoms with van der Waals surface area (Å²) in [5.74, 6) is 0.553. The van der Waals surface area contributed by atoms with Gasteiger partial charge in [0.1, 0.15) is 0 Å². The molecule has 0 aromatic rings. The average Bonchev–Trinajstić information content (AvgIpc) is 2.58. The minimum atomic E-state index is -0.317. The molecular weight excluding hydrogens is 292 g/mol. The lowest BCUT2D eigenvalue weighted by atomic mass is 9.70. The highest BCUT2D eigenvalue weighted by atomic mass is 16.1. The van der Waals surface area contributed by atoms with Crippen molar-refractivity contribution in [1.82, 2.24) is 0 Å². The van der Waals surface area contributed by atoms with E-state index in [1.54, 1.807) is 0 Å². The predicted molar refractivity (Wildman–Crippen MR) is 108 cm³/mol. The van der Waals surface area contributed by atoms with Crippen molar-refractivity contribution in [1.29, 1.82) is 0 Å². The number of hydrogen-bond acceptors (Lipinski definition) is 1. The van der Waals surface area contributed by atoms with Crippen LogP contribution in [0.3, 0.4) is 0 Å².